The Balaban J connectivity index is 1.52. The molecular formula is C21H25ClN2O2S. The van der Waals surface area contributed by atoms with Gasteiger partial charge in [-0.2, -0.15) is 0 Å². The Kier molecular flexibility index (Phi) is 8.02. The number of thioether (sulfide) groups is 1. The van der Waals surface area contributed by atoms with Crippen LogP contribution in [0.5, 0.6) is 0 Å². The lowest BCUT2D eigenvalue weighted by molar-refractivity contribution is -0.121. The standard InChI is InChI=1S/C21H25ClN2O2S/c22-18-6-8-19(9-7-18)27-15-10-21(25)23-20(17-4-2-1-3-5-17)16-24-11-13-26-14-12-24/h1-9,20H,10-16H2,(H,23,25)/t20-/m0/s1. The molecule has 4 nitrogen and oxygen atoms in total. The van der Waals surface area contributed by atoms with Crippen LogP contribution < -0.4 is 5.32 Å². The number of rotatable bonds is 8. The summed E-state index contributed by atoms with van der Waals surface area (Å²) in [4.78, 5) is 16.0. The monoisotopic (exact) mass is 404 g/mol. The van der Waals surface area contributed by atoms with Crippen LogP contribution in [0.2, 0.25) is 5.02 Å². The average Bonchev–Trinajstić information content (AvgIpc) is 2.70. The first-order valence-electron chi connectivity index (χ1n) is 9.23. The van der Waals surface area contributed by atoms with Gasteiger partial charge in [0, 0.05) is 41.7 Å². The largest absolute Gasteiger partial charge is 0.379 e. The van der Waals surface area contributed by atoms with Gasteiger partial charge < -0.3 is 10.1 Å². The summed E-state index contributed by atoms with van der Waals surface area (Å²) in [7, 11) is 0. The number of halogens is 1. The van der Waals surface area contributed by atoms with Gasteiger partial charge in [0.1, 0.15) is 0 Å². The van der Waals surface area contributed by atoms with E-state index >= 15 is 0 Å². The zero-order valence-electron chi connectivity index (χ0n) is 15.3. The van der Waals surface area contributed by atoms with E-state index in [0.717, 1.165) is 54.1 Å². The maximum atomic E-state index is 12.5. The molecule has 1 amide bonds. The second-order valence-electron chi connectivity index (χ2n) is 6.50. The molecule has 1 aliphatic rings. The Morgan fingerprint density at radius 3 is 2.52 bits per heavy atom. The van der Waals surface area contributed by atoms with Gasteiger partial charge in [-0.25, -0.2) is 0 Å². The smallest absolute Gasteiger partial charge is 0.221 e. The molecule has 1 saturated heterocycles. The van der Waals surface area contributed by atoms with Crippen LogP contribution in [0, 0.1) is 0 Å². The minimum absolute atomic E-state index is 0.00247. The second-order valence-corrected chi connectivity index (χ2v) is 8.10. The van der Waals surface area contributed by atoms with Gasteiger partial charge in [-0.1, -0.05) is 41.9 Å². The summed E-state index contributed by atoms with van der Waals surface area (Å²) in [6, 6.07) is 17.9. The van der Waals surface area contributed by atoms with Crippen LogP contribution in [0.3, 0.4) is 0 Å². The molecule has 0 saturated carbocycles. The number of hydrogen-bond acceptors (Lipinski definition) is 4. The third-order valence-corrected chi connectivity index (χ3v) is 5.76. The molecular weight excluding hydrogens is 380 g/mol. The Labute approximate surface area is 170 Å². The van der Waals surface area contributed by atoms with Crippen molar-refractivity contribution < 1.29 is 9.53 Å². The molecule has 144 valence electrons. The van der Waals surface area contributed by atoms with Crippen molar-refractivity contribution in [3.63, 3.8) is 0 Å². The average molecular weight is 405 g/mol. The fourth-order valence-corrected chi connectivity index (χ4v) is 4.00. The minimum Gasteiger partial charge on any atom is -0.379 e. The molecule has 6 heteroatoms. The fourth-order valence-electron chi connectivity index (χ4n) is 3.02. The SMILES string of the molecule is O=C(CCSc1ccc(Cl)cc1)N[C@@H](CN1CCOCC1)c1ccccc1. The highest BCUT2D eigenvalue weighted by atomic mass is 35.5. The van der Waals surface area contributed by atoms with Gasteiger partial charge in [0.2, 0.25) is 5.91 Å². The first-order chi connectivity index (χ1) is 13.2. The van der Waals surface area contributed by atoms with Crippen LogP contribution in [0.25, 0.3) is 0 Å². The fraction of sp³-hybridized carbons (Fsp3) is 0.381. The van der Waals surface area contributed by atoms with Crippen LogP contribution in [0.1, 0.15) is 18.0 Å². The molecule has 0 radical (unpaired) electrons. The molecule has 1 atom stereocenters. The lowest BCUT2D eigenvalue weighted by Gasteiger charge is -2.31. The maximum absolute atomic E-state index is 12.5. The van der Waals surface area contributed by atoms with Gasteiger partial charge in [0.05, 0.1) is 19.3 Å². The number of nitrogens with one attached hydrogen (secondary N) is 1. The number of carbonyl (C=O) groups excluding carboxylic acids is 1. The normalized spacial score (nSPS) is 16.0. The summed E-state index contributed by atoms with van der Waals surface area (Å²) in [5, 5.41) is 3.95. The zero-order valence-corrected chi connectivity index (χ0v) is 16.8. The summed E-state index contributed by atoms with van der Waals surface area (Å²) < 4.78 is 5.43. The molecule has 2 aromatic carbocycles. The van der Waals surface area contributed by atoms with Crippen LogP contribution in [0.4, 0.5) is 0 Å². The van der Waals surface area contributed by atoms with Crippen molar-refractivity contribution in [2.45, 2.75) is 17.4 Å². The third kappa shape index (κ3) is 6.85. The summed E-state index contributed by atoms with van der Waals surface area (Å²) in [5.74, 6) is 0.825. The van der Waals surface area contributed by atoms with Gasteiger partial charge in [-0.3, -0.25) is 9.69 Å². The highest BCUT2D eigenvalue weighted by Crippen LogP contribution is 2.21. The lowest BCUT2D eigenvalue weighted by Crippen LogP contribution is -2.43. The second kappa shape index (κ2) is 10.7. The Bertz CT molecular complexity index is 706. The molecule has 0 aliphatic carbocycles. The summed E-state index contributed by atoms with van der Waals surface area (Å²) in [6.07, 6.45) is 0.486. The molecule has 3 rings (SSSR count). The van der Waals surface area contributed by atoms with E-state index in [1.807, 2.05) is 42.5 Å². The first kappa shape index (κ1) is 20.2. The lowest BCUT2D eigenvalue weighted by atomic mass is 10.1. The number of hydrogen-bond donors (Lipinski definition) is 1. The van der Waals surface area contributed by atoms with Gasteiger partial charge >= 0.3 is 0 Å². The Morgan fingerprint density at radius 1 is 1.11 bits per heavy atom. The quantitative estimate of drug-likeness (QED) is 0.675. The van der Waals surface area contributed by atoms with Crippen molar-refractivity contribution in [1.82, 2.24) is 10.2 Å². The van der Waals surface area contributed by atoms with E-state index in [4.69, 9.17) is 16.3 Å². The Hall–Kier alpha value is -1.53. The van der Waals surface area contributed by atoms with E-state index in [1.54, 1.807) is 11.8 Å². The maximum Gasteiger partial charge on any atom is 0.221 e. The predicted molar refractivity (Wildman–Crippen MR) is 111 cm³/mol. The van der Waals surface area contributed by atoms with Crippen molar-refractivity contribution in [3.05, 3.63) is 65.2 Å². The molecule has 0 unspecified atom stereocenters. The summed E-state index contributed by atoms with van der Waals surface area (Å²) >= 11 is 7.58. The minimum atomic E-state index is -0.00247. The number of amides is 1. The highest BCUT2D eigenvalue weighted by Gasteiger charge is 2.20. The van der Waals surface area contributed by atoms with Crippen molar-refractivity contribution in [2.75, 3.05) is 38.6 Å². The number of nitrogens with zero attached hydrogens (tertiary/aromatic N) is 1. The van der Waals surface area contributed by atoms with E-state index in [2.05, 4.69) is 22.3 Å². The van der Waals surface area contributed by atoms with Gasteiger partial charge in [0.15, 0.2) is 0 Å². The summed E-state index contributed by atoms with van der Waals surface area (Å²) in [6.45, 7) is 4.14. The molecule has 0 spiro atoms. The number of benzene rings is 2. The number of carbonyl (C=O) groups is 1. The van der Waals surface area contributed by atoms with Gasteiger partial charge in [-0.05, 0) is 29.8 Å². The molecule has 1 N–H and O–H groups in total. The molecule has 1 fully saturated rings. The van der Waals surface area contributed by atoms with E-state index in [-0.39, 0.29) is 11.9 Å². The molecule has 2 aromatic rings. The van der Waals surface area contributed by atoms with E-state index < -0.39 is 0 Å². The number of morpholine rings is 1. The van der Waals surface area contributed by atoms with Crippen molar-refractivity contribution in [2.24, 2.45) is 0 Å². The molecule has 0 aromatic heterocycles. The Morgan fingerprint density at radius 2 is 1.81 bits per heavy atom. The molecule has 1 aliphatic heterocycles. The van der Waals surface area contributed by atoms with E-state index in [9.17, 15) is 4.79 Å². The van der Waals surface area contributed by atoms with Gasteiger partial charge in [0.25, 0.3) is 0 Å². The van der Waals surface area contributed by atoms with Crippen LogP contribution >= 0.6 is 23.4 Å². The predicted octanol–water partition coefficient (Wildman–Crippen LogP) is 4.01. The van der Waals surface area contributed by atoms with Crippen LogP contribution in [-0.2, 0) is 9.53 Å². The van der Waals surface area contributed by atoms with E-state index in [0.29, 0.717) is 6.42 Å². The molecule has 0 bridgehead atoms. The van der Waals surface area contributed by atoms with Crippen molar-refractivity contribution in [3.8, 4) is 0 Å². The zero-order chi connectivity index (χ0) is 18.9. The van der Waals surface area contributed by atoms with Crippen LogP contribution in [-0.4, -0.2) is 49.4 Å². The third-order valence-electron chi connectivity index (χ3n) is 4.49. The van der Waals surface area contributed by atoms with Crippen molar-refractivity contribution >= 4 is 29.3 Å². The van der Waals surface area contributed by atoms with Gasteiger partial charge in [-0.15, -0.1) is 11.8 Å². The first-order valence-corrected chi connectivity index (χ1v) is 10.6. The highest BCUT2D eigenvalue weighted by molar-refractivity contribution is 7.99. The topological polar surface area (TPSA) is 41.6 Å². The van der Waals surface area contributed by atoms with Crippen molar-refractivity contribution in [1.29, 1.82) is 0 Å². The summed E-state index contributed by atoms with van der Waals surface area (Å²) in [5.41, 5.74) is 1.14. The molecule has 1 heterocycles. The number of ether oxygens (including phenoxy) is 1. The van der Waals surface area contributed by atoms with E-state index in [1.165, 1.54) is 0 Å². The van der Waals surface area contributed by atoms with Crippen LogP contribution in [0.15, 0.2) is 59.5 Å². The molecule has 27 heavy (non-hydrogen) atoms.